The Hall–Kier alpha value is -2.47. The number of aliphatic hydroxyl groups is 1. The fourth-order valence-corrected chi connectivity index (χ4v) is 2.07. The van der Waals surface area contributed by atoms with Crippen LogP contribution in [0.4, 0.5) is 5.69 Å². The summed E-state index contributed by atoms with van der Waals surface area (Å²) in [5, 5.41) is 21.3. The standard InChI is InChI=1S/C14H15N5O/c20-8-7-19-10-11(17-18-19)9-16-14-5-1-4-13-12(14)3-2-6-15-13/h1-6,10,16,20H,7-9H2. The summed E-state index contributed by atoms with van der Waals surface area (Å²) in [5.74, 6) is 0. The molecule has 0 amide bonds. The number of hydrogen-bond donors (Lipinski definition) is 2. The van der Waals surface area contributed by atoms with Gasteiger partial charge in [0.2, 0.25) is 0 Å². The highest BCUT2D eigenvalue weighted by molar-refractivity contribution is 5.91. The summed E-state index contributed by atoms with van der Waals surface area (Å²) < 4.78 is 1.63. The monoisotopic (exact) mass is 269 g/mol. The number of hydrogen-bond acceptors (Lipinski definition) is 5. The van der Waals surface area contributed by atoms with Crippen LogP contribution in [0.3, 0.4) is 0 Å². The molecule has 2 heterocycles. The number of aromatic nitrogens is 4. The third-order valence-electron chi connectivity index (χ3n) is 3.02. The van der Waals surface area contributed by atoms with Crippen molar-refractivity contribution in [2.24, 2.45) is 0 Å². The summed E-state index contributed by atoms with van der Waals surface area (Å²) in [6.45, 7) is 1.11. The first-order chi connectivity index (χ1) is 9.86. The lowest BCUT2D eigenvalue weighted by atomic mass is 10.2. The van der Waals surface area contributed by atoms with E-state index in [1.54, 1.807) is 10.9 Å². The molecule has 0 saturated heterocycles. The van der Waals surface area contributed by atoms with Crippen LogP contribution in [0.25, 0.3) is 10.9 Å². The summed E-state index contributed by atoms with van der Waals surface area (Å²) in [7, 11) is 0. The van der Waals surface area contributed by atoms with Crippen molar-refractivity contribution in [2.45, 2.75) is 13.1 Å². The van der Waals surface area contributed by atoms with Gasteiger partial charge in [0.05, 0.1) is 31.4 Å². The Bertz CT molecular complexity index is 704. The van der Waals surface area contributed by atoms with Gasteiger partial charge in [0, 0.05) is 17.3 Å². The number of anilines is 1. The van der Waals surface area contributed by atoms with Crippen molar-refractivity contribution in [3.05, 3.63) is 48.4 Å². The third kappa shape index (κ3) is 2.60. The van der Waals surface area contributed by atoms with Crippen molar-refractivity contribution in [3.8, 4) is 0 Å². The van der Waals surface area contributed by atoms with Crippen LogP contribution < -0.4 is 5.32 Å². The Morgan fingerprint density at radius 3 is 3.05 bits per heavy atom. The van der Waals surface area contributed by atoms with Crippen LogP contribution in [0.15, 0.2) is 42.7 Å². The first kappa shape index (κ1) is 12.6. The minimum absolute atomic E-state index is 0.0607. The van der Waals surface area contributed by atoms with Crippen molar-refractivity contribution in [1.29, 1.82) is 0 Å². The van der Waals surface area contributed by atoms with Crippen molar-refractivity contribution in [2.75, 3.05) is 11.9 Å². The van der Waals surface area contributed by atoms with E-state index in [9.17, 15) is 0 Å². The molecule has 0 aliphatic carbocycles. The normalized spacial score (nSPS) is 10.8. The van der Waals surface area contributed by atoms with Crippen LogP contribution in [0.5, 0.6) is 0 Å². The molecule has 1 aromatic carbocycles. The highest BCUT2D eigenvalue weighted by Gasteiger charge is 2.03. The van der Waals surface area contributed by atoms with Crippen LogP contribution in [-0.4, -0.2) is 31.7 Å². The molecular weight excluding hydrogens is 254 g/mol. The molecule has 2 N–H and O–H groups in total. The van der Waals surface area contributed by atoms with Gasteiger partial charge in [-0.05, 0) is 24.3 Å². The SMILES string of the molecule is OCCn1cc(CNc2cccc3ncccc23)nn1. The summed E-state index contributed by atoms with van der Waals surface area (Å²) in [6.07, 6.45) is 3.61. The van der Waals surface area contributed by atoms with Gasteiger partial charge in [-0.3, -0.25) is 4.98 Å². The second kappa shape index (κ2) is 5.66. The van der Waals surface area contributed by atoms with Crippen LogP contribution >= 0.6 is 0 Å². The van der Waals surface area contributed by atoms with Gasteiger partial charge in [-0.25, -0.2) is 4.68 Å². The Morgan fingerprint density at radius 2 is 2.15 bits per heavy atom. The van der Waals surface area contributed by atoms with Crippen LogP contribution in [-0.2, 0) is 13.1 Å². The number of rotatable bonds is 5. The second-order valence-electron chi connectivity index (χ2n) is 4.43. The molecule has 3 aromatic rings. The maximum absolute atomic E-state index is 8.84. The van der Waals surface area contributed by atoms with E-state index in [0.717, 1.165) is 22.3 Å². The van der Waals surface area contributed by atoms with E-state index in [4.69, 9.17) is 5.11 Å². The predicted octanol–water partition coefficient (Wildman–Crippen LogP) is 1.43. The number of benzene rings is 1. The van der Waals surface area contributed by atoms with E-state index in [1.807, 2.05) is 36.5 Å². The fraction of sp³-hybridized carbons (Fsp3) is 0.214. The molecule has 0 radical (unpaired) electrons. The molecule has 102 valence electrons. The molecular formula is C14H15N5O. The maximum atomic E-state index is 8.84. The van der Waals surface area contributed by atoms with Gasteiger partial charge < -0.3 is 10.4 Å². The van der Waals surface area contributed by atoms with Crippen molar-refractivity contribution >= 4 is 16.6 Å². The largest absolute Gasteiger partial charge is 0.394 e. The lowest BCUT2D eigenvalue weighted by Crippen LogP contribution is -2.02. The zero-order valence-corrected chi connectivity index (χ0v) is 10.9. The van der Waals surface area contributed by atoms with Crippen LogP contribution in [0.1, 0.15) is 5.69 Å². The zero-order valence-electron chi connectivity index (χ0n) is 10.9. The molecule has 20 heavy (non-hydrogen) atoms. The number of pyridine rings is 1. The quantitative estimate of drug-likeness (QED) is 0.733. The van der Waals surface area contributed by atoms with E-state index in [2.05, 4.69) is 20.6 Å². The summed E-state index contributed by atoms with van der Waals surface area (Å²) in [6, 6.07) is 9.93. The average Bonchev–Trinajstić information content (AvgIpc) is 2.93. The smallest absolute Gasteiger partial charge is 0.102 e. The van der Waals surface area contributed by atoms with Crippen LogP contribution in [0.2, 0.25) is 0 Å². The van der Waals surface area contributed by atoms with Crippen molar-refractivity contribution in [1.82, 2.24) is 20.0 Å². The van der Waals surface area contributed by atoms with E-state index in [-0.39, 0.29) is 6.61 Å². The number of fused-ring (bicyclic) bond motifs is 1. The fourth-order valence-electron chi connectivity index (χ4n) is 2.07. The molecule has 0 fully saturated rings. The topological polar surface area (TPSA) is 75.9 Å². The molecule has 0 spiro atoms. The highest BCUT2D eigenvalue weighted by atomic mass is 16.3. The van der Waals surface area contributed by atoms with Crippen molar-refractivity contribution < 1.29 is 5.11 Å². The van der Waals surface area contributed by atoms with Crippen molar-refractivity contribution in [3.63, 3.8) is 0 Å². The molecule has 3 rings (SSSR count). The minimum atomic E-state index is 0.0607. The van der Waals surface area contributed by atoms with Gasteiger partial charge in [-0.1, -0.05) is 11.3 Å². The van der Waals surface area contributed by atoms with Gasteiger partial charge in [0.15, 0.2) is 0 Å². The predicted molar refractivity (Wildman–Crippen MR) is 76.2 cm³/mol. The first-order valence-corrected chi connectivity index (χ1v) is 6.44. The molecule has 0 bridgehead atoms. The Morgan fingerprint density at radius 1 is 1.20 bits per heavy atom. The van der Waals surface area contributed by atoms with E-state index in [1.165, 1.54) is 0 Å². The molecule has 6 heteroatoms. The number of nitrogens with zero attached hydrogens (tertiary/aromatic N) is 4. The molecule has 0 atom stereocenters. The highest BCUT2D eigenvalue weighted by Crippen LogP contribution is 2.21. The van der Waals surface area contributed by atoms with Gasteiger partial charge in [0.25, 0.3) is 0 Å². The lowest BCUT2D eigenvalue weighted by Gasteiger charge is -2.07. The molecule has 0 aliphatic heterocycles. The lowest BCUT2D eigenvalue weighted by molar-refractivity contribution is 0.268. The van der Waals surface area contributed by atoms with Crippen LogP contribution in [0, 0.1) is 0 Å². The Balaban J connectivity index is 1.76. The van der Waals surface area contributed by atoms with Gasteiger partial charge in [-0.2, -0.15) is 0 Å². The third-order valence-corrected chi connectivity index (χ3v) is 3.02. The summed E-state index contributed by atoms with van der Waals surface area (Å²) in [5.41, 5.74) is 2.81. The molecule has 0 saturated carbocycles. The summed E-state index contributed by atoms with van der Waals surface area (Å²) in [4.78, 5) is 4.33. The minimum Gasteiger partial charge on any atom is -0.394 e. The molecule has 2 aromatic heterocycles. The van der Waals surface area contributed by atoms with E-state index < -0.39 is 0 Å². The Kier molecular flexibility index (Phi) is 3.56. The van der Waals surface area contributed by atoms with E-state index in [0.29, 0.717) is 13.1 Å². The first-order valence-electron chi connectivity index (χ1n) is 6.44. The molecule has 6 nitrogen and oxygen atoms in total. The number of aliphatic hydroxyl groups excluding tert-OH is 1. The molecule has 0 aliphatic rings. The van der Waals surface area contributed by atoms with E-state index >= 15 is 0 Å². The van der Waals surface area contributed by atoms with Gasteiger partial charge in [-0.15, -0.1) is 5.10 Å². The maximum Gasteiger partial charge on any atom is 0.102 e. The Labute approximate surface area is 116 Å². The van der Waals surface area contributed by atoms with Gasteiger partial charge >= 0.3 is 0 Å². The zero-order chi connectivity index (χ0) is 13.8. The van der Waals surface area contributed by atoms with Gasteiger partial charge in [0.1, 0.15) is 5.69 Å². The molecule has 0 unspecified atom stereocenters. The average molecular weight is 269 g/mol. The number of nitrogens with one attached hydrogen (secondary N) is 1. The summed E-state index contributed by atoms with van der Waals surface area (Å²) >= 11 is 0. The second-order valence-corrected chi connectivity index (χ2v) is 4.43.